The molecule has 0 aliphatic carbocycles. The number of amides is 1. The van der Waals surface area contributed by atoms with Crippen LogP contribution in [0.4, 0.5) is 5.82 Å². The molecule has 0 spiro atoms. The van der Waals surface area contributed by atoms with Crippen molar-refractivity contribution < 1.29 is 24.5 Å². The van der Waals surface area contributed by atoms with E-state index >= 15 is 0 Å². The standard InChI is InChI=1S/C10H12N2O5/c1-5(13)9(14)12-7-3-6(10(15)16)4-8(11-7)17-2/h3-5,13H,1-2H3,(H,15,16)(H,11,12,14)/t5-/m1/s1. The summed E-state index contributed by atoms with van der Waals surface area (Å²) < 4.78 is 4.80. The van der Waals surface area contributed by atoms with Crippen LogP contribution in [-0.2, 0) is 4.79 Å². The molecule has 1 rings (SSSR count). The van der Waals surface area contributed by atoms with E-state index in [0.29, 0.717) is 0 Å². The molecule has 1 heterocycles. The quantitative estimate of drug-likeness (QED) is 0.689. The highest BCUT2D eigenvalue weighted by Gasteiger charge is 2.13. The fourth-order valence-electron chi connectivity index (χ4n) is 1.03. The monoisotopic (exact) mass is 240 g/mol. The fraction of sp³-hybridized carbons (Fsp3) is 0.300. The van der Waals surface area contributed by atoms with Crippen LogP contribution in [0.1, 0.15) is 17.3 Å². The van der Waals surface area contributed by atoms with E-state index in [9.17, 15) is 9.59 Å². The molecule has 3 N–H and O–H groups in total. The molecule has 7 nitrogen and oxygen atoms in total. The second-order valence-corrected chi connectivity index (χ2v) is 3.25. The van der Waals surface area contributed by atoms with Gasteiger partial charge in [0.15, 0.2) is 0 Å². The number of hydrogen-bond donors (Lipinski definition) is 3. The fourth-order valence-corrected chi connectivity index (χ4v) is 1.03. The number of hydrogen-bond acceptors (Lipinski definition) is 5. The molecule has 0 bridgehead atoms. The van der Waals surface area contributed by atoms with Crippen LogP contribution in [0, 0.1) is 0 Å². The number of nitrogens with zero attached hydrogens (tertiary/aromatic N) is 1. The first-order valence-corrected chi connectivity index (χ1v) is 4.72. The van der Waals surface area contributed by atoms with Gasteiger partial charge >= 0.3 is 5.97 Å². The average Bonchev–Trinajstić information content (AvgIpc) is 2.28. The predicted octanol–water partition coefficient (Wildman–Crippen LogP) is 0.108. The van der Waals surface area contributed by atoms with Crippen LogP contribution in [0.25, 0.3) is 0 Å². The van der Waals surface area contributed by atoms with E-state index in [1.807, 2.05) is 0 Å². The first kappa shape index (κ1) is 12.9. The summed E-state index contributed by atoms with van der Waals surface area (Å²) >= 11 is 0. The van der Waals surface area contributed by atoms with Gasteiger partial charge in [-0.15, -0.1) is 0 Å². The summed E-state index contributed by atoms with van der Waals surface area (Å²) in [6, 6.07) is 2.39. The minimum absolute atomic E-state index is 0.00708. The summed E-state index contributed by atoms with van der Waals surface area (Å²) in [5, 5.41) is 20.1. The summed E-state index contributed by atoms with van der Waals surface area (Å²) in [6.45, 7) is 1.29. The summed E-state index contributed by atoms with van der Waals surface area (Å²) in [5.41, 5.74) is -0.0715. The van der Waals surface area contributed by atoms with Crippen molar-refractivity contribution in [3.8, 4) is 5.88 Å². The van der Waals surface area contributed by atoms with Gasteiger partial charge in [0.2, 0.25) is 5.88 Å². The second-order valence-electron chi connectivity index (χ2n) is 3.25. The molecule has 1 atom stereocenters. The zero-order valence-electron chi connectivity index (χ0n) is 9.30. The zero-order chi connectivity index (χ0) is 13.0. The van der Waals surface area contributed by atoms with Crippen LogP contribution in [0.2, 0.25) is 0 Å². The lowest BCUT2D eigenvalue weighted by Gasteiger charge is -2.08. The van der Waals surface area contributed by atoms with Gasteiger partial charge in [-0.05, 0) is 13.0 Å². The Morgan fingerprint density at radius 1 is 1.47 bits per heavy atom. The molecular weight excluding hydrogens is 228 g/mol. The van der Waals surface area contributed by atoms with E-state index in [1.54, 1.807) is 0 Å². The first-order valence-electron chi connectivity index (χ1n) is 4.72. The Hall–Kier alpha value is -2.15. The van der Waals surface area contributed by atoms with Crippen molar-refractivity contribution in [3.05, 3.63) is 17.7 Å². The number of carbonyl (C=O) groups excluding carboxylic acids is 1. The number of nitrogens with one attached hydrogen (secondary N) is 1. The summed E-state index contributed by atoms with van der Waals surface area (Å²) in [4.78, 5) is 25.8. The molecule has 0 saturated heterocycles. The van der Waals surface area contributed by atoms with E-state index in [2.05, 4.69) is 10.3 Å². The maximum Gasteiger partial charge on any atom is 0.336 e. The largest absolute Gasteiger partial charge is 0.481 e. The molecule has 0 unspecified atom stereocenters. The highest BCUT2D eigenvalue weighted by atomic mass is 16.5. The van der Waals surface area contributed by atoms with Crippen LogP contribution in [0.3, 0.4) is 0 Å². The van der Waals surface area contributed by atoms with Crippen molar-refractivity contribution in [1.82, 2.24) is 4.98 Å². The summed E-state index contributed by atoms with van der Waals surface area (Å²) in [5.74, 6) is -1.78. The van der Waals surface area contributed by atoms with Crippen LogP contribution in [0.5, 0.6) is 5.88 Å². The van der Waals surface area contributed by atoms with Gasteiger partial charge < -0.3 is 20.3 Å². The highest BCUT2D eigenvalue weighted by Crippen LogP contribution is 2.16. The number of anilines is 1. The van der Waals surface area contributed by atoms with Crippen LogP contribution in [-0.4, -0.2) is 40.3 Å². The van der Waals surface area contributed by atoms with Crippen molar-refractivity contribution >= 4 is 17.7 Å². The molecule has 0 aliphatic heterocycles. The number of carbonyl (C=O) groups is 2. The molecule has 7 heteroatoms. The third kappa shape index (κ3) is 3.42. The predicted molar refractivity (Wildman–Crippen MR) is 58.1 cm³/mol. The lowest BCUT2D eigenvalue weighted by Crippen LogP contribution is -2.25. The van der Waals surface area contributed by atoms with Crippen molar-refractivity contribution in [3.63, 3.8) is 0 Å². The van der Waals surface area contributed by atoms with E-state index in [0.717, 1.165) is 0 Å². The van der Waals surface area contributed by atoms with Gasteiger partial charge in [0.05, 0.1) is 12.7 Å². The van der Waals surface area contributed by atoms with Gasteiger partial charge in [0.1, 0.15) is 11.9 Å². The van der Waals surface area contributed by atoms with Gasteiger partial charge in [-0.2, -0.15) is 4.98 Å². The van der Waals surface area contributed by atoms with E-state index in [1.165, 1.54) is 26.2 Å². The topological polar surface area (TPSA) is 109 Å². The van der Waals surface area contributed by atoms with Gasteiger partial charge in [0, 0.05) is 6.07 Å². The third-order valence-electron chi connectivity index (χ3n) is 1.89. The number of rotatable bonds is 4. The Labute approximate surface area is 97.1 Å². The third-order valence-corrected chi connectivity index (χ3v) is 1.89. The van der Waals surface area contributed by atoms with E-state index in [-0.39, 0.29) is 17.3 Å². The summed E-state index contributed by atoms with van der Waals surface area (Å²) in [6.07, 6.45) is -1.21. The Bertz CT molecular complexity index is 444. The number of aliphatic hydroxyl groups excluding tert-OH is 1. The number of aromatic nitrogens is 1. The van der Waals surface area contributed by atoms with E-state index < -0.39 is 18.0 Å². The summed E-state index contributed by atoms with van der Waals surface area (Å²) in [7, 11) is 1.33. The lowest BCUT2D eigenvalue weighted by molar-refractivity contribution is -0.123. The van der Waals surface area contributed by atoms with Crippen molar-refractivity contribution in [2.75, 3.05) is 12.4 Å². The Balaban J connectivity index is 3.03. The van der Waals surface area contributed by atoms with Crippen molar-refractivity contribution in [2.24, 2.45) is 0 Å². The Morgan fingerprint density at radius 3 is 2.59 bits per heavy atom. The normalized spacial score (nSPS) is 11.7. The van der Waals surface area contributed by atoms with Gasteiger partial charge in [-0.1, -0.05) is 0 Å². The van der Waals surface area contributed by atoms with Crippen molar-refractivity contribution in [2.45, 2.75) is 13.0 Å². The molecule has 1 amide bonds. The molecule has 0 fully saturated rings. The maximum absolute atomic E-state index is 11.2. The van der Waals surface area contributed by atoms with Crippen LogP contribution in [0.15, 0.2) is 12.1 Å². The van der Waals surface area contributed by atoms with Crippen molar-refractivity contribution in [1.29, 1.82) is 0 Å². The van der Waals surface area contributed by atoms with Gasteiger partial charge in [-0.3, -0.25) is 4.79 Å². The first-order chi connectivity index (χ1) is 7.93. The van der Waals surface area contributed by atoms with E-state index in [4.69, 9.17) is 14.9 Å². The number of ether oxygens (including phenoxy) is 1. The molecular formula is C10H12N2O5. The molecule has 17 heavy (non-hydrogen) atoms. The number of carboxylic acids is 1. The van der Waals surface area contributed by atoms with Gasteiger partial charge in [-0.25, -0.2) is 4.79 Å². The lowest BCUT2D eigenvalue weighted by atomic mass is 10.2. The highest BCUT2D eigenvalue weighted by molar-refractivity contribution is 5.95. The van der Waals surface area contributed by atoms with Crippen LogP contribution < -0.4 is 10.1 Å². The maximum atomic E-state index is 11.2. The molecule has 0 aliphatic rings. The smallest absolute Gasteiger partial charge is 0.336 e. The zero-order valence-corrected chi connectivity index (χ0v) is 9.30. The van der Waals surface area contributed by atoms with Crippen LogP contribution >= 0.6 is 0 Å². The number of carboxylic acid groups (broad SMARTS) is 1. The number of aliphatic hydroxyl groups is 1. The molecule has 0 radical (unpaired) electrons. The Morgan fingerprint density at radius 2 is 2.12 bits per heavy atom. The average molecular weight is 240 g/mol. The molecule has 0 aromatic carbocycles. The van der Waals surface area contributed by atoms with Gasteiger partial charge in [0.25, 0.3) is 5.91 Å². The minimum atomic E-state index is -1.21. The molecule has 1 aromatic rings. The molecule has 1 aromatic heterocycles. The second kappa shape index (κ2) is 5.26. The number of aromatic carboxylic acids is 1. The molecule has 92 valence electrons. The number of methoxy groups -OCH3 is 1. The Kier molecular flexibility index (Phi) is 4.00. The number of pyridine rings is 1. The molecule has 0 saturated carbocycles. The minimum Gasteiger partial charge on any atom is -0.481 e. The SMILES string of the molecule is COc1cc(C(=O)O)cc(NC(=O)[C@@H](C)O)n1.